The number of rotatable bonds is 7. The minimum Gasteiger partial charge on any atom is -0.497 e. The third-order valence-electron chi connectivity index (χ3n) is 5.42. The SMILES string of the molecule is CCc1cccc2c(C(CC(=O)NC3CC3)c3cccc(OC)c3)c[nH]c12. The largest absolute Gasteiger partial charge is 0.497 e. The summed E-state index contributed by atoms with van der Waals surface area (Å²) in [4.78, 5) is 16.1. The number of benzene rings is 2. The summed E-state index contributed by atoms with van der Waals surface area (Å²) < 4.78 is 5.42. The highest BCUT2D eigenvalue weighted by atomic mass is 16.5. The van der Waals surface area contributed by atoms with Gasteiger partial charge >= 0.3 is 0 Å². The Labute approximate surface area is 159 Å². The monoisotopic (exact) mass is 362 g/mol. The third-order valence-corrected chi connectivity index (χ3v) is 5.42. The fraction of sp³-hybridized carbons (Fsp3) is 0.348. The maximum atomic E-state index is 12.6. The number of para-hydroxylation sites is 1. The van der Waals surface area contributed by atoms with Crippen molar-refractivity contribution in [2.45, 2.75) is 44.6 Å². The van der Waals surface area contributed by atoms with Gasteiger partial charge in [0, 0.05) is 35.5 Å². The average Bonchev–Trinajstić information content (AvgIpc) is 3.41. The first kappa shape index (κ1) is 17.7. The summed E-state index contributed by atoms with van der Waals surface area (Å²) in [6.07, 6.45) is 5.68. The number of aromatic nitrogens is 1. The highest BCUT2D eigenvalue weighted by Gasteiger charge is 2.27. The molecule has 1 unspecified atom stereocenters. The van der Waals surface area contributed by atoms with Gasteiger partial charge in [0.15, 0.2) is 0 Å². The van der Waals surface area contributed by atoms with Crippen LogP contribution in [0.5, 0.6) is 5.75 Å². The van der Waals surface area contributed by atoms with Crippen molar-refractivity contribution < 1.29 is 9.53 Å². The van der Waals surface area contributed by atoms with Crippen molar-refractivity contribution in [2.24, 2.45) is 0 Å². The van der Waals surface area contributed by atoms with Crippen LogP contribution < -0.4 is 10.1 Å². The van der Waals surface area contributed by atoms with Crippen LogP contribution in [0.3, 0.4) is 0 Å². The van der Waals surface area contributed by atoms with Gasteiger partial charge in [-0.25, -0.2) is 0 Å². The van der Waals surface area contributed by atoms with Crippen LogP contribution in [0.1, 0.15) is 48.8 Å². The van der Waals surface area contributed by atoms with E-state index < -0.39 is 0 Å². The summed E-state index contributed by atoms with van der Waals surface area (Å²) in [6.45, 7) is 2.16. The summed E-state index contributed by atoms with van der Waals surface area (Å²) in [6, 6.07) is 14.8. The van der Waals surface area contributed by atoms with Crippen LogP contribution in [0.25, 0.3) is 10.9 Å². The molecule has 1 atom stereocenters. The van der Waals surface area contributed by atoms with Crippen molar-refractivity contribution in [3.63, 3.8) is 0 Å². The number of hydrogen-bond donors (Lipinski definition) is 2. The van der Waals surface area contributed by atoms with Crippen LogP contribution in [0, 0.1) is 0 Å². The quantitative estimate of drug-likeness (QED) is 0.648. The van der Waals surface area contributed by atoms with E-state index in [-0.39, 0.29) is 11.8 Å². The van der Waals surface area contributed by atoms with Crippen LogP contribution in [0.2, 0.25) is 0 Å². The maximum Gasteiger partial charge on any atom is 0.221 e. The topological polar surface area (TPSA) is 54.1 Å². The Morgan fingerprint density at radius 2 is 2.07 bits per heavy atom. The molecular weight excluding hydrogens is 336 g/mol. The van der Waals surface area contributed by atoms with Crippen molar-refractivity contribution in [3.8, 4) is 5.75 Å². The zero-order valence-corrected chi connectivity index (χ0v) is 15.9. The normalized spacial score (nSPS) is 14.9. The Kier molecular flexibility index (Phi) is 4.88. The van der Waals surface area contributed by atoms with Gasteiger partial charge in [0.1, 0.15) is 5.75 Å². The lowest BCUT2D eigenvalue weighted by molar-refractivity contribution is -0.121. The molecule has 0 saturated heterocycles. The molecule has 140 valence electrons. The van der Waals surface area contributed by atoms with Crippen LogP contribution in [0.4, 0.5) is 0 Å². The highest BCUT2D eigenvalue weighted by molar-refractivity contribution is 5.88. The second-order valence-corrected chi connectivity index (χ2v) is 7.31. The summed E-state index contributed by atoms with van der Waals surface area (Å²) in [5, 5.41) is 4.33. The van der Waals surface area contributed by atoms with Gasteiger partial charge in [-0.05, 0) is 48.1 Å². The van der Waals surface area contributed by atoms with E-state index in [1.165, 1.54) is 22.0 Å². The van der Waals surface area contributed by atoms with E-state index in [4.69, 9.17) is 4.74 Å². The highest BCUT2D eigenvalue weighted by Crippen LogP contribution is 2.36. The Balaban J connectivity index is 1.75. The number of H-pyrrole nitrogens is 1. The molecule has 3 aromatic rings. The minimum absolute atomic E-state index is 0.0142. The molecule has 4 nitrogen and oxygen atoms in total. The number of ether oxygens (including phenoxy) is 1. The number of nitrogens with one attached hydrogen (secondary N) is 2. The second-order valence-electron chi connectivity index (χ2n) is 7.31. The Hall–Kier alpha value is -2.75. The first-order valence-corrected chi connectivity index (χ1v) is 9.71. The van der Waals surface area contributed by atoms with Crippen LogP contribution in [-0.2, 0) is 11.2 Å². The van der Waals surface area contributed by atoms with Gasteiger partial charge in [0.05, 0.1) is 7.11 Å². The number of hydrogen-bond acceptors (Lipinski definition) is 2. The summed E-state index contributed by atoms with van der Waals surface area (Å²) >= 11 is 0. The van der Waals surface area contributed by atoms with E-state index >= 15 is 0 Å². The molecule has 1 aliphatic carbocycles. The Morgan fingerprint density at radius 3 is 2.81 bits per heavy atom. The van der Waals surface area contributed by atoms with E-state index in [2.05, 4.69) is 47.7 Å². The molecule has 0 bridgehead atoms. The van der Waals surface area contributed by atoms with Gasteiger partial charge in [0.2, 0.25) is 5.91 Å². The molecule has 1 fully saturated rings. The second kappa shape index (κ2) is 7.47. The van der Waals surface area contributed by atoms with E-state index in [0.717, 1.165) is 30.6 Å². The molecule has 0 aliphatic heterocycles. The zero-order chi connectivity index (χ0) is 18.8. The number of carbonyl (C=O) groups excluding carboxylic acids is 1. The molecule has 4 heteroatoms. The smallest absolute Gasteiger partial charge is 0.221 e. The van der Waals surface area contributed by atoms with E-state index in [0.29, 0.717) is 12.5 Å². The fourth-order valence-electron chi connectivity index (χ4n) is 3.79. The molecule has 1 heterocycles. The first-order chi connectivity index (χ1) is 13.2. The summed E-state index contributed by atoms with van der Waals surface area (Å²) in [5.74, 6) is 0.917. The zero-order valence-electron chi connectivity index (χ0n) is 15.9. The molecule has 1 saturated carbocycles. The van der Waals surface area contributed by atoms with Crippen molar-refractivity contribution in [2.75, 3.05) is 7.11 Å². The Bertz CT molecular complexity index is 956. The van der Waals surface area contributed by atoms with Gasteiger partial charge in [-0.1, -0.05) is 37.3 Å². The lowest BCUT2D eigenvalue weighted by Gasteiger charge is -2.18. The number of aryl methyl sites for hydroxylation is 1. The molecule has 0 radical (unpaired) electrons. The predicted molar refractivity (Wildman–Crippen MR) is 108 cm³/mol. The summed E-state index contributed by atoms with van der Waals surface area (Å²) in [7, 11) is 1.67. The first-order valence-electron chi connectivity index (χ1n) is 9.71. The molecule has 0 spiro atoms. The van der Waals surface area contributed by atoms with E-state index in [1.54, 1.807) is 7.11 Å². The van der Waals surface area contributed by atoms with Gasteiger partial charge in [-0.2, -0.15) is 0 Å². The number of amides is 1. The minimum atomic E-state index is -0.0142. The number of methoxy groups -OCH3 is 1. The number of carbonyl (C=O) groups is 1. The van der Waals surface area contributed by atoms with Crippen molar-refractivity contribution >= 4 is 16.8 Å². The van der Waals surface area contributed by atoms with Crippen LogP contribution >= 0.6 is 0 Å². The van der Waals surface area contributed by atoms with Crippen LogP contribution in [0.15, 0.2) is 48.7 Å². The Morgan fingerprint density at radius 1 is 1.26 bits per heavy atom. The molecule has 2 aromatic carbocycles. The lowest BCUT2D eigenvalue weighted by atomic mass is 9.87. The predicted octanol–water partition coefficient (Wildman–Crippen LogP) is 4.54. The van der Waals surface area contributed by atoms with Gasteiger partial charge < -0.3 is 15.0 Å². The molecule has 1 aliphatic rings. The standard InChI is InChI=1S/C23H26N2O2/c1-3-15-6-5-9-19-21(14-24-23(15)19)20(13-22(26)25-17-10-11-17)16-7-4-8-18(12-16)27-2/h4-9,12,14,17,20,24H,3,10-11,13H2,1-2H3,(H,25,26). The maximum absolute atomic E-state index is 12.6. The van der Waals surface area contributed by atoms with E-state index in [1.807, 2.05) is 18.2 Å². The van der Waals surface area contributed by atoms with Crippen molar-refractivity contribution in [1.29, 1.82) is 0 Å². The fourth-order valence-corrected chi connectivity index (χ4v) is 3.79. The average molecular weight is 362 g/mol. The third kappa shape index (κ3) is 3.70. The van der Waals surface area contributed by atoms with E-state index in [9.17, 15) is 4.79 Å². The van der Waals surface area contributed by atoms with Gasteiger partial charge in [0.25, 0.3) is 0 Å². The molecule has 2 N–H and O–H groups in total. The lowest BCUT2D eigenvalue weighted by Crippen LogP contribution is -2.27. The number of fused-ring (bicyclic) bond motifs is 1. The van der Waals surface area contributed by atoms with Crippen molar-refractivity contribution in [1.82, 2.24) is 10.3 Å². The van der Waals surface area contributed by atoms with Crippen molar-refractivity contribution in [3.05, 3.63) is 65.4 Å². The molecule has 27 heavy (non-hydrogen) atoms. The number of aromatic amines is 1. The molecule has 1 amide bonds. The molecule has 4 rings (SSSR count). The van der Waals surface area contributed by atoms with Crippen LogP contribution in [-0.4, -0.2) is 24.0 Å². The molecular formula is C23H26N2O2. The van der Waals surface area contributed by atoms with Gasteiger partial charge in [-0.3, -0.25) is 4.79 Å². The molecule has 1 aromatic heterocycles. The summed E-state index contributed by atoms with van der Waals surface area (Å²) in [5.41, 5.74) is 4.73. The van der Waals surface area contributed by atoms with Gasteiger partial charge in [-0.15, -0.1) is 0 Å².